The number of ether oxygens (including phenoxy) is 1. The van der Waals surface area contributed by atoms with Gasteiger partial charge in [0.05, 0.1) is 24.1 Å². The van der Waals surface area contributed by atoms with Crippen LogP contribution in [0.2, 0.25) is 0 Å². The molecule has 136 valence electrons. The molecular formula is C21H19N3O3. The van der Waals surface area contributed by atoms with Gasteiger partial charge in [0, 0.05) is 18.1 Å². The van der Waals surface area contributed by atoms with Crippen molar-refractivity contribution < 1.29 is 13.9 Å². The second kappa shape index (κ2) is 7.37. The van der Waals surface area contributed by atoms with Gasteiger partial charge in [0.2, 0.25) is 0 Å². The predicted molar refractivity (Wildman–Crippen MR) is 102 cm³/mol. The molecule has 4 aromatic rings. The lowest BCUT2D eigenvalue weighted by atomic mass is 10.2. The maximum absolute atomic E-state index is 12.5. The average molecular weight is 361 g/mol. The summed E-state index contributed by atoms with van der Waals surface area (Å²) in [6.07, 6.45) is 5.48. The highest BCUT2D eigenvalue weighted by atomic mass is 16.5. The third kappa shape index (κ3) is 3.84. The molecule has 0 saturated carbocycles. The summed E-state index contributed by atoms with van der Waals surface area (Å²) in [7, 11) is 0. The van der Waals surface area contributed by atoms with Gasteiger partial charge < -0.3 is 18.9 Å². The van der Waals surface area contributed by atoms with Crippen LogP contribution in [0.4, 0.5) is 5.69 Å². The lowest BCUT2D eigenvalue weighted by molar-refractivity contribution is 0.0469. The summed E-state index contributed by atoms with van der Waals surface area (Å²) < 4.78 is 12.7. The zero-order chi connectivity index (χ0) is 18.6. The molecule has 6 nitrogen and oxygen atoms in total. The Kier molecular flexibility index (Phi) is 4.61. The summed E-state index contributed by atoms with van der Waals surface area (Å²) in [5, 5.41) is 3.21. The molecule has 3 aromatic heterocycles. The Labute approximate surface area is 156 Å². The van der Waals surface area contributed by atoms with Crippen LogP contribution in [-0.4, -0.2) is 15.4 Å². The summed E-state index contributed by atoms with van der Waals surface area (Å²) >= 11 is 0. The summed E-state index contributed by atoms with van der Waals surface area (Å²) in [6.45, 7) is 2.63. The molecule has 3 heterocycles. The number of imidazole rings is 1. The van der Waals surface area contributed by atoms with Crippen LogP contribution < -0.4 is 5.32 Å². The van der Waals surface area contributed by atoms with Crippen molar-refractivity contribution in [2.75, 3.05) is 5.32 Å². The van der Waals surface area contributed by atoms with Gasteiger partial charge in [0.1, 0.15) is 18.0 Å². The molecule has 1 aromatic carbocycles. The highest BCUT2D eigenvalue weighted by Crippen LogP contribution is 2.18. The van der Waals surface area contributed by atoms with Crippen molar-refractivity contribution in [2.45, 2.75) is 20.1 Å². The first-order valence-corrected chi connectivity index (χ1v) is 8.66. The smallest absolute Gasteiger partial charge is 0.340 e. The molecule has 0 bridgehead atoms. The third-order valence-electron chi connectivity index (χ3n) is 4.18. The molecule has 0 atom stereocenters. The molecule has 0 radical (unpaired) electrons. The Hall–Kier alpha value is -3.54. The van der Waals surface area contributed by atoms with Crippen LogP contribution in [0.5, 0.6) is 0 Å². The number of benzene rings is 1. The first kappa shape index (κ1) is 16.9. The lowest BCUT2D eigenvalue weighted by Crippen LogP contribution is -2.10. The monoisotopic (exact) mass is 361 g/mol. The number of hydrogen-bond donors (Lipinski definition) is 1. The van der Waals surface area contributed by atoms with E-state index in [0.29, 0.717) is 23.5 Å². The zero-order valence-corrected chi connectivity index (χ0v) is 14.9. The number of anilines is 1. The van der Waals surface area contributed by atoms with Crippen molar-refractivity contribution in [3.63, 3.8) is 0 Å². The first-order chi connectivity index (χ1) is 13.2. The van der Waals surface area contributed by atoms with Crippen molar-refractivity contribution in [2.24, 2.45) is 0 Å². The van der Waals surface area contributed by atoms with E-state index in [1.54, 1.807) is 12.3 Å². The van der Waals surface area contributed by atoms with Gasteiger partial charge in [-0.1, -0.05) is 18.2 Å². The van der Waals surface area contributed by atoms with Crippen molar-refractivity contribution in [3.05, 3.63) is 89.8 Å². The Morgan fingerprint density at radius 1 is 1.15 bits per heavy atom. The van der Waals surface area contributed by atoms with Gasteiger partial charge in [0.25, 0.3) is 0 Å². The molecule has 0 fully saturated rings. The minimum atomic E-state index is -0.397. The van der Waals surface area contributed by atoms with E-state index in [0.717, 1.165) is 17.0 Å². The van der Waals surface area contributed by atoms with Crippen LogP contribution in [-0.2, 0) is 17.9 Å². The molecule has 27 heavy (non-hydrogen) atoms. The molecule has 0 spiro atoms. The van der Waals surface area contributed by atoms with Crippen LogP contribution in [0, 0.1) is 6.92 Å². The number of nitrogens with zero attached hydrogens (tertiary/aromatic N) is 2. The molecule has 0 amide bonds. The number of pyridine rings is 1. The number of nitrogens with one attached hydrogen (secondary N) is 1. The highest BCUT2D eigenvalue weighted by molar-refractivity contribution is 5.95. The fourth-order valence-corrected chi connectivity index (χ4v) is 2.85. The lowest BCUT2D eigenvalue weighted by Gasteiger charge is -2.10. The highest BCUT2D eigenvalue weighted by Gasteiger charge is 2.14. The zero-order valence-electron chi connectivity index (χ0n) is 14.9. The molecule has 0 aliphatic rings. The van der Waals surface area contributed by atoms with E-state index in [9.17, 15) is 4.79 Å². The molecular weight excluding hydrogens is 342 g/mol. The van der Waals surface area contributed by atoms with Crippen LogP contribution >= 0.6 is 0 Å². The van der Waals surface area contributed by atoms with E-state index in [-0.39, 0.29) is 6.61 Å². The van der Waals surface area contributed by atoms with Gasteiger partial charge in [-0.2, -0.15) is 0 Å². The molecule has 0 saturated heterocycles. The Morgan fingerprint density at radius 3 is 2.89 bits per heavy atom. The van der Waals surface area contributed by atoms with E-state index in [4.69, 9.17) is 9.15 Å². The molecule has 6 heteroatoms. The number of rotatable bonds is 6. The Morgan fingerprint density at radius 2 is 2.04 bits per heavy atom. The van der Waals surface area contributed by atoms with Crippen molar-refractivity contribution in [3.8, 4) is 0 Å². The van der Waals surface area contributed by atoms with Crippen LogP contribution in [0.3, 0.4) is 0 Å². The predicted octanol–water partition coefficient (Wildman–Crippen LogP) is 4.20. The number of esters is 1. The number of fused-ring (bicyclic) bond motifs is 1. The standard InChI is InChI=1S/C21H19N3O3/c1-15-8-9-20-23-16(13-24(20)12-15)14-27-21(25)18-6-2-3-7-19(18)22-11-17-5-4-10-26-17/h2-10,12-13,22H,11,14H2,1H3. The SMILES string of the molecule is Cc1ccc2nc(COC(=O)c3ccccc3NCc3ccco3)cn2c1. The fourth-order valence-electron chi connectivity index (χ4n) is 2.85. The Bertz CT molecular complexity index is 1070. The first-order valence-electron chi connectivity index (χ1n) is 8.66. The van der Waals surface area contributed by atoms with Crippen molar-refractivity contribution >= 4 is 17.3 Å². The molecule has 0 aliphatic carbocycles. The number of furan rings is 1. The van der Waals surface area contributed by atoms with Gasteiger partial charge in [-0.15, -0.1) is 0 Å². The van der Waals surface area contributed by atoms with E-state index >= 15 is 0 Å². The van der Waals surface area contributed by atoms with Gasteiger partial charge in [-0.05, 0) is 42.8 Å². The van der Waals surface area contributed by atoms with E-state index < -0.39 is 5.97 Å². The van der Waals surface area contributed by atoms with Crippen LogP contribution in [0.15, 0.2) is 71.6 Å². The van der Waals surface area contributed by atoms with E-state index in [1.807, 2.05) is 66.2 Å². The van der Waals surface area contributed by atoms with E-state index in [2.05, 4.69) is 10.3 Å². The summed E-state index contributed by atoms with van der Waals surface area (Å²) in [4.78, 5) is 17.0. The topological polar surface area (TPSA) is 68.8 Å². The van der Waals surface area contributed by atoms with Gasteiger partial charge in [-0.25, -0.2) is 9.78 Å². The minimum Gasteiger partial charge on any atom is -0.467 e. The molecule has 1 N–H and O–H groups in total. The molecule has 0 aliphatic heterocycles. The van der Waals surface area contributed by atoms with Crippen LogP contribution in [0.1, 0.15) is 27.4 Å². The molecule has 0 unspecified atom stereocenters. The largest absolute Gasteiger partial charge is 0.467 e. The van der Waals surface area contributed by atoms with Crippen molar-refractivity contribution in [1.29, 1.82) is 0 Å². The van der Waals surface area contributed by atoms with E-state index in [1.165, 1.54) is 0 Å². The summed E-state index contributed by atoms with van der Waals surface area (Å²) in [5.74, 6) is 0.393. The third-order valence-corrected chi connectivity index (χ3v) is 4.18. The van der Waals surface area contributed by atoms with Gasteiger partial charge in [0.15, 0.2) is 0 Å². The Balaban J connectivity index is 1.44. The number of aryl methyl sites for hydroxylation is 1. The number of para-hydroxylation sites is 1. The normalized spacial score (nSPS) is 10.9. The number of hydrogen-bond acceptors (Lipinski definition) is 5. The summed E-state index contributed by atoms with van der Waals surface area (Å²) in [5.41, 5.74) is 3.84. The van der Waals surface area contributed by atoms with Crippen LogP contribution in [0.25, 0.3) is 5.65 Å². The minimum absolute atomic E-state index is 0.117. The fraction of sp³-hybridized carbons (Fsp3) is 0.143. The molecule has 4 rings (SSSR count). The van der Waals surface area contributed by atoms with Gasteiger partial charge in [-0.3, -0.25) is 0 Å². The number of aromatic nitrogens is 2. The second-order valence-electron chi connectivity index (χ2n) is 6.26. The average Bonchev–Trinajstić information content (AvgIpc) is 3.33. The number of carbonyl (C=O) groups is 1. The quantitative estimate of drug-likeness (QED) is 0.521. The maximum atomic E-state index is 12.5. The second-order valence-corrected chi connectivity index (χ2v) is 6.26. The number of carbonyl (C=O) groups excluding carboxylic acids is 1. The van der Waals surface area contributed by atoms with Gasteiger partial charge >= 0.3 is 5.97 Å². The van der Waals surface area contributed by atoms with Crippen molar-refractivity contribution in [1.82, 2.24) is 9.38 Å². The maximum Gasteiger partial charge on any atom is 0.340 e. The summed E-state index contributed by atoms with van der Waals surface area (Å²) in [6, 6.07) is 14.9.